The largest absolute Gasteiger partial charge is 0.325 e. The quantitative estimate of drug-likeness (QED) is 0.791. The fourth-order valence-corrected chi connectivity index (χ4v) is 1.81. The van der Waals surface area contributed by atoms with Gasteiger partial charge in [0.05, 0.1) is 5.69 Å². The van der Waals surface area contributed by atoms with Crippen LogP contribution in [0.15, 0.2) is 12.1 Å². The van der Waals surface area contributed by atoms with Crippen LogP contribution in [0.5, 0.6) is 0 Å². The van der Waals surface area contributed by atoms with E-state index in [1.165, 1.54) is 18.1 Å². The molecule has 2 nitrogen and oxygen atoms in total. The van der Waals surface area contributed by atoms with Gasteiger partial charge in [-0.15, -0.1) is 0 Å². The summed E-state index contributed by atoms with van der Waals surface area (Å²) in [6.07, 6.45) is 0. The number of aryl methyl sites for hydroxylation is 1. The number of benzene rings is 1. The molecule has 3 heteroatoms. The molecule has 1 aromatic carbocycles. The van der Waals surface area contributed by atoms with E-state index in [-0.39, 0.29) is 5.91 Å². The lowest BCUT2D eigenvalue weighted by Crippen LogP contribution is -2.08. The Kier molecular flexibility index (Phi) is 3.30. The number of rotatable bonds is 1. The summed E-state index contributed by atoms with van der Waals surface area (Å²) in [6, 6.07) is 3.95. The molecule has 1 rings (SSSR count). The Morgan fingerprint density at radius 2 is 2.00 bits per heavy atom. The van der Waals surface area contributed by atoms with Gasteiger partial charge in [0.2, 0.25) is 5.91 Å². The van der Waals surface area contributed by atoms with E-state index >= 15 is 0 Å². The number of hydrogen-bond donors (Lipinski definition) is 1. The molecule has 0 saturated heterocycles. The Labute approximate surface area is 91.9 Å². The fraction of sp³-hybridized carbons (Fsp3) is 0.300. The van der Waals surface area contributed by atoms with Gasteiger partial charge in [-0.05, 0) is 53.6 Å². The van der Waals surface area contributed by atoms with Gasteiger partial charge >= 0.3 is 0 Å². The normalized spacial score (nSPS) is 9.85. The summed E-state index contributed by atoms with van der Waals surface area (Å²) in [5.41, 5.74) is 3.38. The molecular formula is C10H12INO. The zero-order valence-corrected chi connectivity index (χ0v) is 10.1. The van der Waals surface area contributed by atoms with Crippen molar-refractivity contribution in [1.82, 2.24) is 0 Å². The van der Waals surface area contributed by atoms with Crippen molar-refractivity contribution >= 4 is 34.2 Å². The maximum Gasteiger partial charge on any atom is 0.221 e. The van der Waals surface area contributed by atoms with Crippen molar-refractivity contribution < 1.29 is 4.79 Å². The van der Waals surface area contributed by atoms with E-state index in [1.54, 1.807) is 0 Å². The Bertz CT molecular complexity index is 347. The highest BCUT2D eigenvalue weighted by atomic mass is 127. The first-order valence-electron chi connectivity index (χ1n) is 4.05. The van der Waals surface area contributed by atoms with Crippen molar-refractivity contribution in [3.05, 3.63) is 26.8 Å². The van der Waals surface area contributed by atoms with Gasteiger partial charge in [-0.25, -0.2) is 0 Å². The van der Waals surface area contributed by atoms with Crippen LogP contribution >= 0.6 is 22.6 Å². The molecule has 1 N–H and O–H groups in total. The average molecular weight is 289 g/mol. The summed E-state index contributed by atoms with van der Waals surface area (Å²) in [5, 5.41) is 2.79. The van der Waals surface area contributed by atoms with Gasteiger partial charge in [0.15, 0.2) is 0 Å². The molecule has 0 unspecified atom stereocenters. The second kappa shape index (κ2) is 4.09. The average Bonchev–Trinajstić information content (AvgIpc) is 2.06. The molecule has 0 atom stereocenters. The lowest BCUT2D eigenvalue weighted by atomic mass is 10.1. The van der Waals surface area contributed by atoms with Crippen LogP contribution in [0, 0.1) is 17.4 Å². The van der Waals surface area contributed by atoms with Crippen LogP contribution in [0.3, 0.4) is 0 Å². The van der Waals surface area contributed by atoms with E-state index in [0.717, 1.165) is 9.26 Å². The van der Waals surface area contributed by atoms with Crippen molar-refractivity contribution in [1.29, 1.82) is 0 Å². The summed E-state index contributed by atoms with van der Waals surface area (Å²) in [7, 11) is 0. The monoisotopic (exact) mass is 289 g/mol. The Morgan fingerprint density at radius 1 is 1.38 bits per heavy atom. The molecule has 1 aromatic rings. The van der Waals surface area contributed by atoms with E-state index in [9.17, 15) is 4.79 Å². The highest BCUT2D eigenvalue weighted by Crippen LogP contribution is 2.24. The van der Waals surface area contributed by atoms with Gasteiger partial charge in [-0.2, -0.15) is 0 Å². The molecular weight excluding hydrogens is 277 g/mol. The lowest BCUT2D eigenvalue weighted by molar-refractivity contribution is -0.114. The van der Waals surface area contributed by atoms with Crippen molar-refractivity contribution in [3.8, 4) is 0 Å². The number of anilines is 1. The summed E-state index contributed by atoms with van der Waals surface area (Å²) in [4.78, 5) is 10.8. The summed E-state index contributed by atoms with van der Waals surface area (Å²) >= 11 is 2.25. The van der Waals surface area contributed by atoms with Crippen LogP contribution < -0.4 is 5.32 Å². The first kappa shape index (κ1) is 10.5. The molecule has 0 aliphatic carbocycles. The topological polar surface area (TPSA) is 29.1 Å². The predicted molar refractivity (Wildman–Crippen MR) is 62.9 cm³/mol. The van der Waals surface area contributed by atoms with E-state index in [2.05, 4.69) is 41.8 Å². The number of amides is 1. The third-order valence-electron chi connectivity index (χ3n) is 1.97. The molecule has 0 spiro atoms. The third kappa shape index (κ3) is 2.43. The van der Waals surface area contributed by atoms with Gasteiger partial charge < -0.3 is 5.32 Å². The van der Waals surface area contributed by atoms with Crippen molar-refractivity contribution in [3.63, 3.8) is 0 Å². The van der Waals surface area contributed by atoms with E-state index in [4.69, 9.17) is 0 Å². The van der Waals surface area contributed by atoms with Crippen LogP contribution in [0.1, 0.15) is 18.1 Å². The Balaban J connectivity index is 3.10. The number of carbonyl (C=O) groups excluding carboxylic acids is 1. The van der Waals surface area contributed by atoms with Gasteiger partial charge in [-0.1, -0.05) is 6.07 Å². The summed E-state index contributed by atoms with van der Waals surface area (Å²) in [5.74, 6) is -0.0267. The smallest absolute Gasteiger partial charge is 0.221 e. The highest BCUT2D eigenvalue weighted by molar-refractivity contribution is 14.1. The standard InChI is InChI=1S/C10H12INO/c1-6-4-5-9(12-8(3)13)10(11)7(6)2/h4-5H,1-3H3,(H,12,13). The minimum Gasteiger partial charge on any atom is -0.325 e. The molecule has 0 radical (unpaired) electrons. The van der Waals surface area contributed by atoms with E-state index in [1.807, 2.05) is 12.1 Å². The maximum atomic E-state index is 10.8. The second-order valence-corrected chi connectivity index (χ2v) is 4.13. The van der Waals surface area contributed by atoms with Crippen molar-refractivity contribution in [2.75, 3.05) is 5.32 Å². The molecule has 0 bridgehead atoms. The third-order valence-corrected chi connectivity index (χ3v) is 3.36. The molecule has 0 aromatic heterocycles. The number of nitrogens with one attached hydrogen (secondary N) is 1. The van der Waals surface area contributed by atoms with Crippen molar-refractivity contribution in [2.45, 2.75) is 20.8 Å². The minimum absolute atomic E-state index is 0.0267. The molecule has 0 fully saturated rings. The predicted octanol–water partition coefficient (Wildman–Crippen LogP) is 2.87. The first-order chi connectivity index (χ1) is 6.02. The van der Waals surface area contributed by atoms with Crippen LogP contribution in [-0.2, 0) is 4.79 Å². The zero-order chi connectivity index (χ0) is 10.0. The number of hydrogen-bond acceptors (Lipinski definition) is 1. The molecule has 13 heavy (non-hydrogen) atoms. The fourth-order valence-electron chi connectivity index (χ4n) is 1.07. The summed E-state index contributed by atoms with van der Waals surface area (Å²) < 4.78 is 1.12. The van der Waals surface area contributed by atoms with Crippen molar-refractivity contribution in [2.24, 2.45) is 0 Å². The molecule has 0 aliphatic heterocycles. The highest BCUT2D eigenvalue weighted by Gasteiger charge is 2.05. The molecule has 0 saturated carbocycles. The van der Waals surface area contributed by atoms with Crippen LogP contribution in [0.2, 0.25) is 0 Å². The van der Waals surface area contributed by atoms with Gasteiger partial charge in [0.1, 0.15) is 0 Å². The zero-order valence-electron chi connectivity index (χ0n) is 7.94. The van der Waals surface area contributed by atoms with Crippen LogP contribution in [-0.4, -0.2) is 5.91 Å². The van der Waals surface area contributed by atoms with Crippen LogP contribution in [0.25, 0.3) is 0 Å². The SMILES string of the molecule is CC(=O)Nc1ccc(C)c(C)c1I. The summed E-state index contributed by atoms with van der Waals surface area (Å²) in [6.45, 7) is 5.64. The number of carbonyl (C=O) groups is 1. The maximum absolute atomic E-state index is 10.8. The molecule has 70 valence electrons. The molecule has 0 heterocycles. The van der Waals surface area contributed by atoms with Gasteiger partial charge in [0, 0.05) is 10.5 Å². The van der Waals surface area contributed by atoms with E-state index < -0.39 is 0 Å². The first-order valence-corrected chi connectivity index (χ1v) is 5.13. The minimum atomic E-state index is -0.0267. The Hall–Kier alpha value is -0.580. The number of halogens is 1. The van der Waals surface area contributed by atoms with Gasteiger partial charge in [0.25, 0.3) is 0 Å². The Morgan fingerprint density at radius 3 is 2.54 bits per heavy atom. The second-order valence-electron chi connectivity index (χ2n) is 3.05. The lowest BCUT2D eigenvalue weighted by Gasteiger charge is -2.09. The van der Waals surface area contributed by atoms with Crippen LogP contribution in [0.4, 0.5) is 5.69 Å². The van der Waals surface area contributed by atoms with Gasteiger partial charge in [-0.3, -0.25) is 4.79 Å². The van der Waals surface area contributed by atoms with E-state index in [0.29, 0.717) is 0 Å². The molecule has 1 amide bonds. The molecule has 0 aliphatic rings.